The van der Waals surface area contributed by atoms with Gasteiger partial charge in [0.25, 0.3) is 0 Å². The number of nitrogens with one attached hydrogen (secondary N) is 2. The molecule has 0 radical (unpaired) electrons. The summed E-state index contributed by atoms with van der Waals surface area (Å²) in [5, 5.41) is 5.84. The van der Waals surface area contributed by atoms with Crippen LogP contribution in [0.3, 0.4) is 0 Å². The van der Waals surface area contributed by atoms with Crippen molar-refractivity contribution >= 4 is 18.3 Å². The fraction of sp³-hybridized carbons (Fsp3) is 0.923. The summed E-state index contributed by atoms with van der Waals surface area (Å²) in [5.41, 5.74) is 0. The van der Waals surface area contributed by atoms with Crippen LogP contribution in [-0.2, 0) is 9.53 Å². The highest BCUT2D eigenvalue weighted by molar-refractivity contribution is 5.85. The van der Waals surface area contributed by atoms with Gasteiger partial charge in [-0.05, 0) is 19.3 Å². The lowest BCUT2D eigenvalue weighted by atomic mass is 9.85. The summed E-state index contributed by atoms with van der Waals surface area (Å²) in [6.45, 7) is 1.95. The zero-order chi connectivity index (χ0) is 14.6. The molecular formula is C13H22ClF3N2O2. The van der Waals surface area contributed by atoms with Crippen LogP contribution in [0.1, 0.15) is 32.1 Å². The molecule has 124 valence electrons. The molecular weight excluding hydrogens is 309 g/mol. The molecule has 1 aliphatic carbocycles. The van der Waals surface area contributed by atoms with Gasteiger partial charge in [-0.1, -0.05) is 6.42 Å². The second kappa shape index (κ2) is 8.19. The van der Waals surface area contributed by atoms with Crippen molar-refractivity contribution in [3.8, 4) is 0 Å². The van der Waals surface area contributed by atoms with Gasteiger partial charge >= 0.3 is 6.18 Å². The molecule has 1 saturated heterocycles. The van der Waals surface area contributed by atoms with E-state index in [1.165, 1.54) is 0 Å². The third kappa shape index (κ3) is 6.00. The van der Waals surface area contributed by atoms with Crippen LogP contribution in [0.15, 0.2) is 0 Å². The molecule has 4 nitrogen and oxygen atoms in total. The second-order valence-electron chi connectivity index (χ2n) is 5.57. The number of morpholine rings is 1. The summed E-state index contributed by atoms with van der Waals surface area (Å²) >= 11 is 0. The largest absolute Gasteiger partial charge is 0.391 e. The Balaban J connectivity index is 0.00000220. The van der Waals surface area contributed by atoms with E-state index in [-0.39, 0.29) is 49.7 Å². The number of hydrogen-bond donors (Lipinski definition) is 2. The minimum atomic E-state index is -4.15. The Morgan fingerprint density at radius 3 is 2.71 bits per heavy atom. The summed E-state index contributed by atoms with van der Waals surface area (Å²) in [4.78, 5) is 11.8. The van der Waals surface area contributed by atoms with E-state index < -0.39 is 12.1 Å². The van der Waals surface area contributed by atoms with Crippen molar-refractivity contribution in [2.45, 2.75) is 50.4 Å². The summed E-state index contributed by atoms with van der Waals surface area (Å²) in [6.07, 6.45) is -2.81. The molecule has 0 aromatic rings. The molecule has 0 aromatic carbocycles. The van der Waals surface area contributed by atoms with Crippen LogP contribution in [0, 0.1) is 5.92 Å². The highest BCUT2D eigenvalue weighted by atomic mass is 35.5. The molecule has 0 bridgehead atoms. The molecule has 2 aliphatic rings. The maximum Gasteiger partial charge on any atom is 0.391 e. The van der Waals surface area contributed by atoms with Gasteiger partial charge in [0.15, 0.2) is 0 Å². The Bertz CT molecular complexity index is 336. The standard InChI is InChI=1S/C13H21F3N2O2.ClH/c14-13(15,16)9-2-1-3-10(6-9)18-12(19)7-11-8-17-4-5-20-11;/h9-11,17H,1-8H2,(H,18,19);1H. The lowest BCUT2D eigenvalue weighted by Gasteiger charge is -2.31. The minimum Gasteiger partial charge on any atom is -0.375 e. The Kier molecular flexibility index (Phi) is 7.23. The van der Waals surface area contributed by atoms with E-state index in [2.05, 4.69) is 10.6 Å². The molecule has 21 heavy (non-hydrogen) atoms. The van der Waals surface area contributed by atoms with Crippen molar-refractivity contribution in [3.05, 3.63) is 0 Å². The lowest BCUT2D eigenvalue weighted by molar-refractivity contribution is -0.184. The van der Waals surface area contributed by atoms with E-state index in [1.807, 2.05) is 0 Å². The number of halogens is 4. The van der Waals surface area contributed by atoms with Crippen LogP contribution >= 0.6 is 12.4 Å². The zero-order valence-corrected chi connectivity index (χ0v) is 12.6. The fourth-order valence-electron chi connectivity index (χ4n) is 2.86. The molecule has 3 atom stereocenters. The normalized spacial score (nSPS) is 30.3. The quantitative estimate of drug-likeness (QED) is 0.832. The first-order valence-corrected chi connectivity index (χ1v) is 7.13. The highest BCUT2D eigenvalue weighted by Crippen LogP contribution is 2.37. The van der Waals surface area contributed by atoms with Gasteiger partial charge in [0.05, 0.1) is 25.0 Å². The molecule has 8 heteroatoms. The first kappa shape index (κ1) is 18.5. The van der Waals surface area contributed by atoms with Crippen LogP contribution in [0.5, 0.6) is 0 Å². The Labute approximate surface area is 128 Å². The molecule has 1 aliphatic heterocycles. The number of carbonyl (C=O) groups excluding carboxylic acids is 1. The molecule has 1 amide bonds. The first-order valence-electron chi connectivity index (χ1n) is 7.13. The van der Waals surface area contributed by atoms with Crippen molar-refractivity contribution in [1.82, 2.24) is 10.6 Å². The van der Waals surface area contributed by atoms with Gasteiger partial charge in [0, 0.05) is 19.1 Å². The van der Waals surface area contributed by atoms with E-state index in [4.69, 9.17) is 4.74 Å². The maximum absolute atomic E-state index is 12.7. The Morgan fingerprint density at radius 2 is 2.10 bits per heavy atom. The summed E-state index contributed by atoms with van der Waals surface area (Å²) in [5.74, 6) is -1.50. The van der Waals surface area contributed by atoms with Crippen LogP contribution in [0.2, 0.25) is 0 Å². The lowest BCUT2D eigenvalue weighted by Crippen LogP contribution is -2.45. The zero-order valence-electron chi connectivity index (χ0n) is 11.7. The third-order valence-electron chi connectivity index (χ3n) is 3.92. The van der Waals surface area contributed by atoms with Crippen LogP contribution in [0.4, 0.5) is 13.2 Å². The van der Waals surface area contributed by atoms with Gasteiger partial charge in [-0.2, -0.15) is 13.2 Å². The molecule has 2 N–H and O–H groups in total. The van der Waals surface area contributed by atoms with E-state index >= 15 is 0 Å². The number of rotatable bonds is 3. The summed E-state index contributed by atoms with van der Waals surface area (Å²) in [6, 6.07) is -0.362. The number of carbonyl (C=O) groups is 1. The van der Waals surface area contributed by atoms with E-state index in [1.54, 1.807) is 0 Å². The average Bonchev–Trinajstić information content (AvgIpc) is 2.39. The van der Waals surface area contributed by atoms with Gasteiger partial charge in [-0.15, -0.1) is 12.4 Å². The van der Waals surface area contributed by atoms with E-state index in [9.17, 15) is 18.0 Å². The monoisotopic (exact) mass is 330 g/mol. The molecule has 2 fully saturated rings. The number of amides is 1. The highest BCUT2D eigenvalue weighted by Gasteiger charge is 2.42. The van der Waals surface area contributed by atoms with Gasteiger partial charge < -0.3 is 15.4 Å². The number of ether oxygens (including phenoxy) is 1. The molecule has 0 spiro atoms. The van der Waals surface area contributed by atoms with Gasteiger partial charge in [-0.25, -0.2) is 0 Å². The van der Waals surface area contributed by atoms with Crippen LogP contribution in [0.25, 0.3) is 0 Å². The van der Waals surface area contributed by atoms with E-state index in [0.29, 0.717) is 26.0 Å². The van der Waals surface area contributed by atoms with Crippen molar-refractivity contribution < 1.29 is 22.7 Å². The first-order chi connectivity index (χ1) is 9.45. The Morgan fingerprint density at radius 1 is 1.33 bits per heavy atom. The molecule has 1 heterocycles. The number of hydrogen-bond acceptors (Lipinski definition) is 3. The van der Waals surface area contributed by atoms with Gasteiger partial charge in [0.2, 0.25) is 5.91 Å². The third-order valence-corrected chi connectivity index (χ3v) is 3.92. The average molecular weight is 331 g/mol. The fourth-order valence-corrected chi connectivity index (χ4v) is 2.86. The van der Waals surface area contributed by atoms with Gasteiger partial charge in [-0.3, -0.25) is 4.79 Å². The summed E-state index contributed by atoms with van der Waals surface area (Å²) in [7, 11) is 0. The predicted octanol–water partition coefficient (Wildman–Crippen LogP) is 2.02. The van der Waals surface area contributed by atoms with Crippen molar-refractivity contribution in [3.63, 3.8) is 0 Å². The van der Waals surface area contributed by atoms with Crippen molar-refractivity contribution in [2.24, 2.45) is 5.92 Å². The topological polar surface area (TPSA) is 50.4 Å². The maximum atomic E-state index is 12.7. The van der Waals surface area contributed by atoms with Crippen LogP contribution < -0.4 is 10.6 Å². The van der Waals surface area contributed by atoms with Gasteiger partial charge in [0.1, 0.15) is 0 Å². The number of alkyl halides is 3. The molecule has 3 unspecified atom stereocenters. The molecule has 0 aromatic heterocycles. The minimum absolute atomic E-state index is 0. The molecule has 1 saturated carbocycles. The molecule has 2 rings (SSSR count). The predicted molar refractivity (Wildman–Crippen MR) is 74.4 cm³/mol. The van der Waals surface area contributed by atoms with Crippen molar-refractivity contribution in [1.29, 1.82) is 0 Å². The van der Waals surface area contributed by atoms with Crippen molar-refractivity contribution in [2.75, 3.05) is 19.7 Å². The van der Waals surface area contributed by atoms with Crippen LogP contribution in [-0.4, -0.2) is 43.9 Å². The summed E-state index contributed by atoms with van der Waals surface area (Å²) < 4.78 is 43.5. The smallest absolute Gasteiger partial charge is 0.375 e. The Hall–Kier alpha value is -0.530. The second-order valence-corrected chi connectivity index (χ2v) is 5.57. The SMILES string of the molecule is Cl.O=C(CC1CNCCO1)NC1CCCC(C(F)(F)F)C1. The van der Waals surface area contributed by atoms with E-state index in [0.717, 1.165) is 6.54 Å².